The standard InChI is InChI=1S/C19H21N5/c1-12-4-7-15(8-5-12)18-11-17(20-19-21-22-23-24(18)19)16-9-6-13(2)14(3)10-16/h4-10,17-18H,11H2,1-3H3,(H,20,21,23)/t17-,18-/m1/s1. The molecule has 0 saturated heterocycles. The number of rotatable bonds is 2. The third kappa shape index (κ3) is 2.56. The van der Waals surface area contributed by atoms with Gasteiger partial charge in [-0.3, -0.25) is 0 Å². The van der Waals surface area contributed by atoms with E-state index >= 15 is 0 Å². The Morgan fingerprint density at radius 1 is 0.958 bits per heavy atom. The minimum atomic E-state index is 0.142. The normalized spacial score (nSPS) is 19.6. The highest BCUT2D eigenvalue weighted by Crippen LogP contribution is 2.37. The van der Waals surface area contributed by atoms with Crippen LogP contribution in [0.15, 0.2) is 42.5 Å². The van der Waals surface area contributed by atoms with Gasteiger partial charge in [-0.25, -0.2) is 4.68 Å². The maximum absolute atomic E-state index is 4.19. The lowest BCUT2D eigenvalue weighted by atomic mass is 9.91. The third-order valence-corrected chi connectivity index (χ3v) is 4.95. The molecule has 24 heavy (non-hydrogen) atoms. The molecule has 4 rings (SSSR count). The highest BCUT2D eigenvalue weighted by molar-refractivity contribution is 5.40. The number of hydrogen-bond acceptors (Lipinski definition) is 4. The minimum absolute atomic E-state index is 0.142. The topological polar surface area (TPSA) is 55.6 Å². The van der Waals surface area contributed by atoms with Gasteiger partial charge in [0.15, 0.2) is 0 Å². The molecule has 2 heterocycles. The van der Waals surface area contributed by atoms with Crippen LogP contribution in [0.2, 0.25) is 0 Å². The predicted molar refractivity (Wildman–Crippen MR) is 94.0 cm³/mol. The molecule has 2 atom stereocenters. The Morgan fingerprint density at radius 2 is 1.71 bits per heavy atom. The Morgan fingerprint density at radius 3 is 2.46 bits per heavy atom. The fourth-order valence-corrected chi connectivity index (χ4v) is 3.30. The van der Waals surface area contributed by atoms with Crippen LogP contribution in [0.4, 0.5) is 5.95 Å². The largest absolute Gasteiger partial charge is 0.346 e. The van der Waals surface area contributed by atoms with Crippen LogP contribution >= 0.6 is 0 Å². The monoisotopic (exact) mass is 319 g/mol. The van der Waals surface area contributed by atoms with E-state index in [2.05, 4.69) is 84.1 Å². The summed E-state index contributed by atoms with van der Waals surface area (Å²) in [5.41, 5.74) is 6.41. The number of aromatic nitrogens is 4. The second-order valence-electron chi connectivity index (χ2n) is 6.65. The summed E-state index contributed by atoms with van der Waals surface area (Å²) in [6.07, 6.45) is 0.920. The molecule has 0 fully saturated rings. The molecule has 0 unspecified atom stereocenters. The first-order chi connectivity index (χ1) is 11.6. The van der Waals surface area contributed by atoms with Crippen LogP contribution in [-0.4, -0.2) is 20.2 Å². The van der Waals surface area contributed by atoms with Crippen LogP contribution in [0, 0.1) is 20.8 Å². The minimum Gasteiger partial charge on any atom is -0.346 e. The lowest BCUT2D eigenvalue weighted by Gasteiger charge is -2.31. The van der Waals surface area contributed by atoms with Crippen LogP contribution in [0.5, 0.6) is 0 Å². The first kappa shape index (κ1) is 14.9. The number of nitrogens with one attached hydrogen (secondary N) is 1. The van der Waals surface area contributed by atoms with E-state index in [1.54, 1.807) is 0 Å². The van der Waals surface area contributed by atoms with Gasteiger partial charge in [0, 0.05) is 0 Å². The molecule has 0 radical (unpaired) electrons. The summed E-state index contributed by atoms with van der Waals surface area (Å²) in [6.45, 7) is 6.40. The van der Waals surface area contributed by atoms with Crippen molar-refractivity contribution in [1.29, 1.82) is 0 Å². The summed E-state index contributed by atoms with van der Waals surface area (Å²) >= 11 is 0. The highest BCUT2D eigenvalue weighted by atomic mass is 15.6. The van der Waals surface area contributed by atoms with Gasteiger partial charge in [-0.05, 0) is 59.9 Å². The molecule has 5 nitrogen and oxygen atoms in total. The second kappa shape index (κ2) is 5.74. The number of nitrogens with zero attached hydrogens (tertiary/aromatic N) is 4. The Kier molecular flexibility index (Phi) is 3.56. The zero-order valence-electron chi connectivity index (χ0n) is 14.2. The molecule has 5 heteroatoms. The van der Waals surface area contributed by atoms with Gasteiger partial charge in [0.05, 0.1) is 12.1 Å². The first-order valence-corrected chi connectivity index (χ1v) is 8.30. The average Bonchev–Trinajstić information content (AvgIpc) is 3.06. The second-order valence-corrected chi connectivity index (χ2v) is 6.65. The van der Waals surface area contributed by atoms with Crippen LogP contribution < -0.4 is 5.32 Å². The van der Waals surface area contributed by atoms with Crippen molar-refractivity contribution >= 4 is 5.95 Å². The van der Waals surface area contributed by atoms with Gasteiger partial charge in [-0.15, -0.1) is 0 Å². The van der Waals surface area contributed by atoms with Crippen LogP contribution in [0.1, 0.15) is 46.3 Å². The maximum Gasteiger partial charge on any atom is 0.243 e. The van der Waals surface area contributed by atoms with E-state index in [1.165, 1.54) is 27.8 Å². The Bertz CT molecular complexity index is 866. The molecular weight excluding hydrogens is 298 g/mol. The van der Waals surface area contributed by atoms with Crippen molar-refractivity contribution in [2.75, 3.05) is 5.32 Å². The van der Waals surface area contributed by atoms with E-state index in [1.807, 2.05) is 4.68 Å². The number of fused-ring (bicyclic) bond motifs is 1. The molecule has 3 aromatic rings. The maximum atomic E-state index is 4.19. The van der Waals surface area contributed by atoms with E-state index in [4.69, 9.17) is 0 Å². The molecule has 1 aliphatic heterocycles. The fraction of sp³-hybridized carbons (Fsp3) is 0.316. The van der Waals surface area contributed by atoms with Crippen molar-refractivity contribution in [2.24, 2.45) is 0 Å². The van der Waals surface area contributed by atoms with Gasteiger partial charge in [0.2, 0.25) is 5.95 Å². The number of benzene rings is 2. The lowest BCUT2D eigenvalue weighted by Crippen LogP contribution is -2.28. The molecule has 1 aliphatic rings. The van der Waals surface area contributed by atoms with Crippen molar-refractivity contribution in [1.82, 2.24) is 20.2 Å². The average molecular weight is 319 g/mol. The van der Waals surface area contributed by atoms with Crippen molar-refractivity contribution in [3.63, 3.8) is 0 Å². The van der Waals surface area contributed by atoms with Gasteiger partial charge in [-0.2, -0.15) is 0 Å². The van der Waals surface area contributed by atoms with Crippen molar-refractivity contribution in [3.05, 3.63) is 70.3 Å². The summed E-state index contributed by atoms with van der Waals surface area (Å²) in [6, 6.07) is 15.6. The van der Waals surface area contributed by atoms with Crippen molar-refractivity contribution in [2.45, 2.75) is 39.3 Å². The first-order valence-electron chi connectivity index (χ1n) is 8.30. The zero-order chi connectivity index (χ0) is 16.7. The molecule has 0 spiro atoms. The number of tetrazole rings is 1. The van der Waals surface area contributed by atoms with Gasteiger partial charge in [0.1, 0.15) is 0 Å². The van der Waals surface area contributed by atoms with Gasteiger partial charge < -0.3 is 5.32 Å². The summed E-state index contributed by atoms with van der Waals surface area (Å²) in [5.74, 6) is 0.732. The van der Waals surface area contributed by atoms with Crippen LogP contribution in [0.25, 0.3) is 0 Å². The molecule has 0 aliphatic carbocycles. The number of aryl methyl sites for hydroxylation is 3. The molecule has 0 amide bonds. The van der Waals surface area contributed by atoms with E-state index in [0.29, 0.717) is 0 Å². The van der Waals surface area contributed by atoms with Crippen LogP contribution in [-0.2, 0) is 0 Å². The molecule has 1 N–H and O–H groups in total. The summed E-state index contributed by atoms with van der Waals surface area (Å²) in [7, 11) is 0. The molecule has 2 aromatic carbocycles. The SMILES string of the molecule is Cc1ccc([C@H]2C[C@H](c3ccc(C)c(C)c3)Nc3nnnn32)cc1. The number of hydrogen-bond donors (Lipinski definition) is 1. The van der Waals surface area contributed by atoms with Crippen molar-refractivity contribution in [3.8, 4) is 0 Å². The van der Waals surface area contributed by atoms with Gasteiger partial charge in [-0.1, -0.05) is 53.1 Å². The predicted octanol–water partition coefficient (Wildman–Crippen LogP) is 3.74. The van der Waals surface area contributed by atoms with E-state index < -0.39 is 0 Å². The molecular formula is C19H21N5. The van der Waals surface area contributed by atoms with E-state index in [9.17, 15) is 0 Å². The summed E-state index contributed by atoms with van der Waals surface area (Å²) in [5, 5.41) is 15.7. The lowest BCUT2D eigenvalue weighted by molar-refractivity contribution is 0.423. The summed E-state index contributed by atoms with van der Waals surface area (Å²) < 4.78 is 1.89. The zero-order valence-corrected chi connectivity index (χ0v) is 14.2. The third-order valence-electron chi connectivity index (χ3n) is 4.95. The Balaban J connectivity index is 1.72. The smallest absolute Gasteiger partial charge is 0.243 e. The van der Waals surface area contributed by atoms with E-state index in [-0.39, 0.29) is 12.1 Å². The number of anilines is 1. The van der Waals surface area contributed by atoms with E-state index in [0.717, 1.165) is 12.4 Å². The summed E-state index contributed by atoms with van der Waals surface area (Å²) in [4.78, 5) is 0. The molecule has 0 bridgehead atoms. The molecule has 122 valence electrons. The van der Waals surface area contributed by atoms with Crippen molar-refractivity contribution < 1.29 is 0 Å². The Hall–Kier alpha value is -2.69. The van der Waals surface area contributed by atoms with Gasteiger partial charge >= 0.3 is 0 Å². The molecule has 0 saturated carbocycles. The fourth-order valence-electron chi connectivity index (χ4n) is 3.30. The van der Waals surface area contributed by atoms with Crippen LogP contribution in [0.3, 0.4) is 0 Å². The Labute approximate surface area is 141 Å². The molecule has 1 aromatic heterocycles. The highest BCUT2D eigenvalue weighted by Gasteiger charge is 2.30. The van der Waals surface area contributed by atoms with Gasteiger partial charge in [0.25, 0.3) is 0 Å². The quantitative estimate of drug-likeness (QED) is 0.781.